The molecule has 0 atom stereocenters. The van der Waals surface area contributed by atoms with Crippen LogP contribution in [0.5, 0.6) is 0 Å². The van der Waals surface area contributed by atoms with Crippen LogP contribution in [0.25, 0.3) is 0 Å². The van der Waals surface area contributed by atoms with E-state index in [1.165, 1.54) is 0 Å². The molecule has 2 rings (SSSR count). The van der Waals surface area contributed by atoms with Crippen LogP contribution in [-0.4, -0.2) is 6.21 Å². The van der Waals surface area contributed by atoms with E-state index in [9.17, 15) is 4.39 Å². The second-order valence-electron chi connectivity index (χ2n) is 4.18. The summed E-state index contributed by atoms with van der Waals surface area (Å²) in [5.74, 6) is -0.214. The summed E-state index contributed by atoms with van der Waals surface area (Å²) in [6.45, 7) is 4.20. The van der Waals surface area contributed by atoms with E-state index in [0.717, 1.165) is 17.7 Å². The maximum atomic E-state index is 13.4. The van der Waals surface area contributed by atoms with Crippen LogP contribution in [-0.2, 0) is 5.41 Å². The van der Waals surface area contributed by atoms with Crippen molar-refractivity contribution >= 4 is 27.8 Å². The van der Waals surface area contributed by atoms with Gasteiger partial charge in [-0.1, -0.05) is 13.8 Å². The van der Waals surface area contributed by atoms with Gasteiger partial charge in [0, 0.05) is 6.21 Å². The molecule has 1 nitrogen and oxygen atoms in total. The lowest BCUT2D eigenvalue weighted by molar-refractivity contribution is 0.538. The summed E-state index contributed by atoms with van der Waals surface area (Å²) < 4.78 is 13.8. The highest BCUT2D eigenvalue weighted by atomic mass is 79.9. The Bertz CT molecular complexity index is 410. The van der Waals surface area contributed by atoms with Gasteiger partial charge in [-0.15, -0.1) is 0 Å². The maximum Gasteiger partial charge on any atom is 0.137 e. The maximum absolute atomic E-state index is 13.4. The number of fused-ring (bicyclic) bond motifs is 1. The van der Waals surface area contributed by atoms with Crippen molar-refractivity contribution in [2.75, 3.05) is 0 Å². The van der Waals surface area contributed by atoms with Crippen LogP contribution in [0.2, 0.25) is 0 Å². The number of hydrogen-bond acceptors (Lipinski definition) is 1. The number of aliphatic imine (C=N–C) groups is 1. The van der Waals surface area contributed by atoms with E-state index in [4.69, 9.17) is 0 Å². The Labute approximate surface area is 91.2 Å². The molecule has 1 aliphatic heterocycles. The lowest BCUT2D eigenvalue weighted by Gasteiger charge is -2.28. The quantitative estimate of drug-likeness (QED) is 0.666. The van der Waals surface area contributed by atoms with Crippen molar-refractivity contribution in [2.45, 2.75) is 25.7 Å². The molecule has 0 aromatic heterocycles. The van der Waals surface area contributed by atoms with Crippen molar-refractivity contribution < 1.29 is 4.39 Å². The first-order valence-electron chi connectivity index (χ1n) is 4.53. The van der Waals surface area contributed by atoms with Crippen LogP contribution in [0.1, 0.15) is 25.8 Å². The largest absolute Gasteiger partial charge is 0.261 e. The highest BCUT2D eigenvalue weighted by Crippen LogP contribution is 2.39. The molecule has 0 amide bonds. The van der Waals surface area contributed by atoms with Crippen molar-refractivity contribution in [1.29, 1.82) is 0 Å². The topological polar surface area (TPSA) is 12.4 Å². The summed E-state index contributed by atoms with van der Waals surface area (Å²) in [6, 6.07) is 3.32. The van der Waals surface area contributed by atoms with Crippen molar-refractivity contribution in [3.8, 4) is 0 Å². The summed E-state index contributed by atoms with van der Waals surface area (Å²) in [5, 5.41) is 0. The molecule has 0 N–H and O–H groups in total. The predicted molar refractivity (Wildman–Crippen MR) is 59.9 cm³/mol. The minimum Gasteiger partial charge on any atom is -0.261 e. The third-order valence-corrected chi connectivity index (χ3v) is 3.21. The Balaban J connectivity index is 2.66. The van der Waals surface area contributed by atoms with Gasteiger partial charge in [-0.2, -0.15) is 0 Å². The van der Waals surface area contributed by atoms with Gasteiger partial charge in [-0.3, -0.25) is 4.99 Å². The average molecular weight is 256 g/mol. The normalized spacial score (nSPS) is 18.0. The molecule has 0 aliphatic carbocycles. The van der Waals surface area contributed by atoms with Crippen LogP contribution in [0, 0.1) is 5.82 Å². The molecule has 1 aromatic carbocycles. The van der Waals surface area contributed by atoms with Gasteiger partial charge in [-0.05, 0) is 45.5 Å². The van der Waals surface area contributed by atoms with Gasteiger partial charge in [0.1, 0.15) is 5.82 Å². The highest BCUT2D eigenvalue weighted by Gasteiger charge is 2.26. The number of nitrogens with zero attached hydrogens (tertiary/aromatic N) is 1. The van der Waals surface area contributed by atoms with Gasteiger partial charge in [0.25, 0.3) is 0 Å². The zero-order chi connectivity index (χ0) is 10.3. The minimum absolute atomic E-state index is 0.0153. The second kappa shape index (κ2) is 3.16. The zero-order valence-corrected chi connectivity index (χ0v) is 9.73. The molecule has 1 aliphatic rings. The SMILES string of the molecule is CC1(C)CC=Nc2cc(Br)c(F)cc21. The van der Waals surface area contributed by atoms with Gasteiger partial charge in [0.2, 0.25) is 0 Å². The highest BCUT2D eigenvalue weighted by molar-refractivity contribution is 9.10. The zero-order valence-electron chi connectivity index (χ0n) is 8.14. The Hall–Kier alpha value is -0.700. The first-order chi connectivity index (χ1) is 6.50. The fourth-order valence-electron chi connectivity index (χ4n) is 1.67. The van der Waals surface area contributed by atoms with Crippen molar-refractivity contribution in [1.82, 2.24) is 0 Å². The fraction of sp³-hybridized carbons (Fsp3) is 0.364. The summed E-state index contributed by atoms with van der Waals surface area (Å²) in [7, 11) is 0. The number of halogens is 2. The van der Waals surface area contributed by atoms with E-state index in [1.54, 1.807) is 12.1 Å². The number of rotatable bonds is 0. The first-order valence-corrected chi connectivity index (χ1v) is 5.32. The van der Waals surface area contributed by atoms with E-state index in [2.05, 4.69) is 34.8 Å². The van der Waals surface area contributed by atoms with Crippen LogP contribution in [0.3, 0.4) is 0 Å². The summed E-state index contributed by atoms with van der Waals surface area (Å²) in [4.78, 5) is 4.27. The summed E-state index contributed by atoms with van der Waals surface area (Å²) in [6.07, 6.45) is 2.76. The molecule has 0 fully saturated rings. The molecule has 0 unspecified atom stereocenters. The third-order valence-electron chi connectivity index (χ3n) is 2.60. The Morgan fingerprint density at radius 3 is 2.86 bits per heavy atom. The van der Waals surface area contributed by atoms with Crippen LogP contribution in [0.4, 0.5) is 10.1 Å². The second-order valence-corrected chi connectivity index (χ2v) is 5.04. The molecule has 0 saturated carbocycles. The van der Waals surface area contributed by atoms with Crippen LogP contribution >= 0.6 is 15.9 Å². The minimum atomic E-state index is -0.214. The summed E-state index contributed by atoms with van der Waals surface area (Å²) >= 11 is 3.16. The molecule has 74 valence electrons. The molecule has 0 bridgehead atoms. The smallest absolute Gasteiger partial charge is 0.137 e. The molecular formula is C11H11BrFN. The monoisotopic (exact) mass is 255 g/mol. The standard InChI is InChI=1S/C11H11BrFN/c1-11(2)3-4-14-10-6-8(12)9(13)5-7(10)11/h4-6H,3H2,1-2H3. The van der Waals surface area contributed by atoms with Gasteiger partial charge in [0.15, 0.2) is 0 Å². The van der Waals surface area contributed by atoms with Gasteiger partial charge in [0.05, 0.1) is 10.2 Å². The molecular weight excluding hydrogens is 245 g/mol. The first kappa shape index (κ1) is 9.84. The predicted octanol–water partition coefficient (Wildman–Crippen LogP) is 3.97. The van der Waals surface area contributed by atoms with Crippen LogP contribution in [0.15, 0.2) is 21.6 Å². The lowest BCUT2D eigenvalue weighted by Crippen LogP contribution is -2.20. The van der Waals surface area contributed by atoms with E-state index < -0.39 is 0 Å². The fourth-order valence-corrected chi connectivity index (χ4v) is 2.00. The van der Waals surface area contributed by atoms with E-state index in [0.29, 0.717) is 4.47 Å². The molecule has 1 aromatic rings. The van der Waals surface area contributed by atoms with Crippen molar-refractivity contribution in [3.05, 3.63) is 28.0 Å². The van der Waals surface area contributed by atoms with E-state index >= 15 is 0 Å². The summed E-state index contributed by atoms with van der Waals surface area (Å²) in [5.41, 5.74) is 1.84. The molecule has 0 radical (unpaired) electrons. The third kappa shape index (κ3) is 1.50. The van der Waals surface area contributed by atoms with E-state index in [1.807, 2.05) is 6.21 Å². The van der Waals surface area contributed by atoms with Crippen LogP contribution < -0.4 is 0 Å². The Kier molecular flexibility index (Phi) is 2.22. The molecule has 14 heavy (non-hydrogen) atoms. The Morgan fingerprint density at radius 1 is 1.43 bits per heavy atom. The average Bonchev–Trinajstić information content (AvgIpc) is 2.08. The number of hydrogen-bond donors (Lipinski definition) is 0. The van der Waals surface area contributed by atoms with E-state index in [-0.39, 0.29) is 11.2 Å². The van der Waals surface area contributed by atoms with Gasteiger partial charge >= 0.3 is 0 Å². The molecule has 3 heteroatoms. The van der Waals surface area contributed by atoms with Crippen molar-refractivity contribution in [2.24, 2.45) is 4.99 Å². The molecule has 0 saturated heterocycles. The van der Waals surface area contributed by atoms with Gasteiger partial charge in [-0.25, -0.2) is 4.39 Å². The molecule has 0 spiro atoms. The van der Waals surface area contributed by atoms with Gasteiger partial charge < -0.3 is 0 Å². The van der Waals surface area contributed by atoms with Crippen molar-refractivity contribution in [3.63, 3.8) is 0 Å². The molecule has 1 heterocycles. The number of benzene rings is 1. The lowest BCUT2D eigenvalue weighted by atomic mass is 9.79. The Morgan fingerprint density at radius 2 is 2.14 bits per heavy atom.